The van der Waals surface area contributed by atoms with Crippen LogP contribution in [0.15, 0.2) is 30.3 Å². The maximum Gasteiger partial charge on any atom is 0.113 e. The van der Waals surface area contributed by atoms with Gasteiger partial charge >= 0.3 is 0 Å². The van der Waals surface area contributed by atoms with E-state index in [1.54, 1.807) is 12.1 Å². The zero-order valence-electron chi connectivity index (χ0n) is 6.79. The first kappa shape index (κ1) is 8.10. The van der Waals surface area contributed by atoms with Crippen LogP contribution in [0.3, 0.4) is 0 Å². The van der Waals surface area contributed by atoms with Gasteiger partial charge in [-0.15, -0.1) is 6.42 Å². The number of hydrogen-bond donors (Lipinski definition) is 0. The van der Waals surface area contributed by atoms with E-state index in [2.05, 4.69) is 10.9 Å². The average Bonchev–Trinajstić information content (AvgIpc) is 2.18. The molecule has 0 bridgehead atoms. The standard InChI is InChI=1S/C11H6ClN/c1-2-9-7-6-8-4-3-5-10(12)11(8)13-9/h1,3-7H. The van der Waals surface area contributed by atoms with E-state index in [4.69, 9.17) is 18.0 Å². The van der Waals surface area contributed by atoms with Crippen LogP contribution in [0.2, 0.25) is 5.02 Å². The van der Waals surface area contributed by atoms with E-state index in [-0.39, 0.29) is 0 Å². The van der Waals surface area contributed by atoms with Gasteiger partial charge in [0, 0.05) is 5.39 Å². The number of pyridine rings is 1. The summed E-state index contributed by atoms with van der Waals surface area (Å²) >= 11 is 5.95. The van der Waals surface area contributed by atoms with Gasteiger partial charge in [0.05, 0.1) is 10.5 Å². The highest BCUT2D eigenvalue weighted by atomic mass is 35.5. The Morgan fingerprint density at radius 2 is 2.08 bits per heavy atom. The molecule has 0 radical (unpaired) electrons. The fraction of sp³-hybridized carbons (Fsp3) is 0. The predicted molar refractivity (Wildman–Crippen MR) is 54.7 cm³/mol. The van der Waals surface area contributed by atoms with Crippen molar-refractivity contribution in [2.24, 2.45) is 0 Å². The zero-order valence-corrected chi connectivity index (χ0v) is 7.55. The molecule has 2 aromatic rings. The van der Waals surface area contributed by atoms with Gasteiger partial charge < -0.3 is 0 Å². The maximum absolute atomic E-state index is 5.95. The Bertz CT molecular complexity index is 497. The Labute approximate surface area is 81.4 Å². The van der Waals surface area contributed by atoms with Crippen LogP contribution in [-0.4, -0.2) is 4.98 Å². The van der Waals surface area contributed by atoms with E-state index in [0.717, 1.165) is 10.9 Å². The van der Waals surface area contributed by atoms with Crippen LogP contribution in [0.1, 0.15) is 5.69 Å². The molecule has 0 unspecified atom stereocenters. The minimum Gasteiger partial charge on any atom is -0.238 e. The van der Waals surface area contributed by atoms with Crippen LogP contribution in [0.25, 0.3) is 10.9 Å². The number of para-hydroxylation sites is 1. The molecule has 0 aliphatic heterocycles. The zero-order chi connectivity index (χ0) is 9.26. The molecule has 0 spiro atoms. The molecule has 2 rings (SSSR count). The molecule has 0 aliphatic rings. The van der Waals surface area contributed by atoms with Gasteiger partial charge in [0.2, 0.25) is 0 Å². The van der Waals surface area contributed by atoms with Crippen LogP contribution >= 0.6 is 11.6 Å². The Morgan fingerprint density at radius 3 is 2.85 bits per heavy atom. The highest BCUT2D eigenvalue weighted by Crippen LogP contribution is 2.20. The number of nitrogens with zero attached hydrogens (tertiary/aromatic N) is 1. The second-order valence-corrected chi connectivity index (χ2v) is 3.06. The lowest BCUT2D eigenvalue weighted by molar-refractivity contribution is 1.36. The summed E-state index contributed by atoms with van der Waals surface area (Å²) in [7, 11) is 0. The molecule has 1 heterocycles. The topological polar surface area (TPSA) is 12.9 Å². The summed E-state index contributed by atoms with van der Waals surface area (Å²) < 4.78 is 0. The Balaban J connectivity index is 2.84. The fourth-order valence-electron chi connectivity index (χ4n) is 1.19. The molecule has 0 aliphatic carbocycles. The first-order valence-corrected chi connectivity index (χ1v) is 4.21. The molecular formula is C11H6ClN. The third-order valence-corrected chi connectivity index (χ3v) is 2.12. The summed E-state index contributed by atoms with van der Waals surface area (Å²) in [5.41, 5.74) is 1.38. The number of aromatic nitrogens is 1. The van der Waals surface area contributed by atoms with Crippen LogP contribution < -0.4 is 0 Å². The summed E-state index contributed by atoms with van der Waals surface area (Å²) in [6.07, 6.45) is 5.24. The average molecular weight is 188 g/mol. The molecule has 1 aromatic heterocycles. The van der Waals surface area contributed by atoms with E-state index in [1.807, 2.05) is 18.2 Å². The second kappa shape index (κ2) is 3.08. The minimum absolute atomic E-state index is 0.612. The highest BCUT2D eigenvalue weighted by molar-refractivity contribution is 6.35. The number of benzene rings is 1. The van der Waals surface area contributed by atoms with E-state index >= 15 is 0 Å². The van der Waals surface area contributed by atoms with E-state index in [1.165, 1.54) is 0 Å². The summed E-state index contributed by atoms with van der Waals surface area (Å²) in [5.74, 6) is 2.48. The quantitative estimate of drug-likeness (QED) is 0.578. The largest absolute Gasteiger partial charge is 0.238 e. The minimum atomic E-state index is 0.612. The maximum atomic E-state index is 5.95. The van der Waals surface area contributed by atoms with Gasteiger partial charge in [0.25, 0.3) is 0 Å². The summed E-state index contributed by atoms with van der Waals surface area (Å²) in [6, 6.07) is 9.37. The van der Waals surface area contributed by atoms with Gasteiger partial charge in [-0.1, -0.05) is 29.7 Å². The number of hydrogen-bond acceptors (Lipinski definition) is 1. The third-order valence-electron chi connectivity index (χ3n) is 1.82. The van der Waals surface area contributed by atoms with Crippen molar-refractivity contribution >= 4 is 22.5 Å². The molecule has 0 fully saturated rings. The van der Waals surface area contributed by atoms with Gasteiger partial charge in [-0.3, -0.25) is 0 Å². The van der Waals surface area contributed by atoms with Gasteiger partial charge in [-0.25, -0.2) is 4.98 Å². The molecule has 0 saturated heterocycles. The van der Waals surface area contributed by atoms with Crippen LogP contribution in [0.4, 0.5) is 0 Å². The molecule has 13 heavy (non-hydrogen) atoms. The van der Waals surface area contributed by atoms with Crippen molar-refractivity contribution < 1.29 is 0 Å². The SMILES string of the molecule is C#Cc1ccc2cccc(Cl)c2n1. The molecule has 0 N–H and O–H groups in total. The van der Waals surface area contributed by atoms with Crippen LogP contribution in [-0.2, 0) is 0 Å². The Morgan fingerprint density at radius 1 is 1.23 bits per heavy atom. The molecular weight excluding hydrogens is 182 g/mol. The van der Waals surface area contributed by atoms with Crippen molar-refractivity contribution in [3.63, 3.8) is 0 Å². The van der Waals surface area contributed by atoms with E-state index < -0.39 is 0 Å². The Kier molecular flexibility index (Phi) is 1.92. The van der Waals surface area contributed by atoms with E-state index in [0.29, 0.717) is 10.7 Å². The van der Waals surface area contributed by atoms with Crippen molar-refractivity contribution in [3.8, 4) is 12.3 Å². The lowest BCUT2D eigenvalue weighted by Crippen LogP contribution is -1.84. The summed E-state index contributed by atoms with van der Waals surface area (Å²) in [6.45, 7) is 0. The lowest BCUT2D eigenvalue weighted by atomic mass is 10.2. The molecule has 62 valence electrons. The van der Waals surface area contributed by atoms with Gasteiger partial charge in [0.15, 0.2) is 0 Å². The van der Waals surface area contributed by atoms with Crippen molar-refractivity contribution in [2.75, 3.05) is 0 Å². The summed E-state index contributed by atoms with van der Waals surface area (Å²) in [4.78, 5) is 4.23. The van der Waals surface area contributed by atoms with Crippen LogP contribution in [0, 0.1) is 12.3 Å². The smallest absolute Gasteiger partial charge is 0.113 e. The number of terminal acetylenes is 1. The lowest BCUT2D eigenvalue weighted by Gasteiger charge is -1.98. The monoisotopic (exact) mass is 187 g/mol. The highest BCUT2D eigenvalue weighted by Gasteiger charge is 1.99. The first-order valence-electron chi connectivity index (χ1n) is 3.83. The normalized spacial score (nSPS) is 9.85. The summed E-state index contributed by atoms with van der Waals surface area (Å²) in [5, 5.41) is 1.64. The molecule has 2 heteroatoms. The molecule has 1 nitrogen and oxygen atoms in total. The number of halogens is 1. The first-order chi connectivity index (χ1) is 6.31. The van der Waals surface area contributed by atoms with Crippen molar-refractivity contribution in [2.45, 2.75) is 0 Å². The molecule has 1 aromatic carbocycles. The van der Waals surface area contributed by atoms with Crippen molar-refractivity contribution in [3.05, 3.63) is 41.0 Å². The predicted octanol–water partition coefficient (Wildman–Crippen LogP) is 2.87. The van der Waals surface area contributed by atoms with Gasteiger partial charge in [-0.05, 0) is 18.2 Å². The van der Waals surface area contributed by atoms with E-state index in [9.17, 15) is 0 Å². The van der Waals surface area contributed by atoms with Gasteiger partial charge in [-0.2, -0.15) is 0 Å². The third kappa shape index (κ3) is 1.37. The molecule has 0 saturated carbocycles. The molecule has 0 atom stereocenters. The molecule has 0 amide bonds. The van der Waals surface area contributed by atoms with Crippen molar-refractivity contribution in [1.29, 1.82) is 0 Å². The van der Waals surface area contributed by atoms with Crippen molar-refractivity contribution in [1.82, 2.24) is 4.98 Å². The second-order valence-electron chi connectivity index (χ2n) is 2.65. The fourth-order valence-corrected chi connectivity index (χ4v) is 1.42. The van der Waals surface area contributed by atoms with Crippen LogP contribution in [0.5, 0.6) is 0 Å². The van der Waals surface area contributed by atoms with Gasteiger partial charge in [0.1, 0.15) is 5.69 Å². The number of fused-ring (bicyclic) bond motifs is 1. The Hall–Kier alpha value is -1.52. The number of rotatable bonds is 0.